The van der Waals surface area contributed by atoms with E-state index < -0.39 is 11.9 Å². The fraction of sp³-hybridized carbons (Fsp3) is 0.500. The SMILES string of the molecule is CC(N)CN(C)c1cccc(C(F)(F)F)n1. The molecule has 1 aromatic rings. The molecule has 6 heteroatoms. The van der Waals surface area contributed by atoms with Crippen molar-refractivity contribution in [3.63, 3.8) is 0 Å². The number of alkyl halides is 3. The Bertz CT molecular complexity index is 349. The third-order valence-corrected chi connectivity index (χ3v) is 1.98. The highest BCUT2D eigenvalue weighted by Crippen LogP contribution is 2.28. The second-order valence-electron chi connectivity index (χ2n) is 3.74. The predicted octanol–water partition coefficient (Wildman–Crippen LogP) is 1.88. The van der Waals surface area contributed by atoms with Crippen molar-refractivity contribution in [2.24, 2.45) is 5.73 Å². The maximum absolute atomic E-state index is 12.4. The summed E-state index contributed by atoms with van der Waals surface area (Å²) in [5.74, 6) is 0.270. The van der Waals surface area contributed by atoms with Crippen LogP contribution in [0.15, 0.2) is 18.2 Å². The predicted molar refractivity (Wildman–Crippen MR) is 56.2 cm³/mol. The summed E-state index contributed by atoms with van der Waals surface area (Å²) in [4.78, 5) is 5.14. The molecule has 0 spiro atoms. The Balaban J connectivity index is 2.90. The maximum Gasteiger partial charge on any atom is 0.433 e. The van der Waals surface area contributed by atoms with Gasteiger partial charge in [-0.15, -0.1) is 0 Å². The highest BCUT2D eigenvalue weighted by molar-refractivity contribution is 5.38. The first-order valence-corrected chi connectivity index (χ1v) is 4.81. The van der Waals surface area contributed by atoms with Crippen LogP contribution in [0, 0.1) is 0 Å². The quantitative estimate of drug-likeness (QED) is 0.866. The molecule has 3 nitrogen and oxygen atoms in total. The van der Waals surface area contributed by atoms with Gasteiger partial charge in [0.2, 0.25) is 0 Å². The maximum atomic E-state index is 12.4. The molecule has 0 aliphatic rings. The molecule has 16 heavy (non-hydrogen) atoms. The Morgan fingerprint density at radius 3 is 2.56 bits per heavy atom. The molecule has 1 unspecified atom stereocenters. The molecule has 0 aliphatic carbocycles. The van der Waals surface area contributed by atoms with Gasteiger partial charge in [0.05, 0.1) is 0 Å². The van der Waals surface area contributed by atoms with Gasteiger partial charge in [-0.2, -0.15) is 13.2 Å². The Kier molecular flexibility index (Phi) is 3.74. The molecule has 90 valence electrons. The first kappa shape index (κ1) is 12.8. The van der Waals surface area contributed by atoms with Gasteiger partial charge < -0.3 is 10.6 Å². The van der Waals surface area contributed by atoms with Crippen molar-refractivity contribution in [3.8, 4) is 0 Å². The van der Waals surface area contributed by atoms with Gasteiger partial charge in [0.25, 0.3) is 0 Å². The van der Waals surface area contributed by atoms with E-state index in [2.05, 4.69) is 4.98 Å². The number of rotatable bonds is 3. The highest BCUT2D eigenvalue weighted by Gasteiger charge is 2.32. The molecular formula is C10H14F3N3. The molecule has 1 rings (SSSR count). The van der Waals surface area contributed by atoms with E-state index in [4.69, 9.17) is 5.73 Å². The second kappa shape index (κ2) is 4.69. The van der Waals surface area contributed by atoms with Crippen LogP contribution in [0.1, 0.15) is 12.6 Å². The summed E-state index contributed by atoms with van der Waals surface area (Å²) in [6.45, 7) is 2.23. The van der Waals surface area contributed by atoms with E-state index in [1.165, 1.54) is 12.1 Å². The molecule has 0 amide bonds. The number of hydrogen-bond donors (Lipinski definition) is 1. The first-order chi connectivity index (χ1) is 7.30. The summed E-state index contributed by atoms with van der Waals surface area (Å²) in [5, 5.41) is 0. The van der Waals surface area contributed by atoms with E-state index in [1.807, 2.05) is 0 Å². The zero-order valence-electron chi connectivity index (χ0n) is 9.12. The number of hydrogen-bond acceptors (Lipinski definition) is 3. The van der Waals surface area contributed by atoms with Crippen molar-refractivity contribution >= 4 is 5.82 Å². The molecule has 0 radical (unpaired) electrons. The zero-order chi connectivity index (χ0) is 12.3. The molecule has 1 atom stereocenters. The zero-order valence-corrected chi connectivity index (χ0v) is 9.12. The van der Waals surface area contributed by atoms with Gasteiger partial charge in [-0.25, -0.2) is 4.98 Å². The number of halogens is 3. The third kappa shape index (κ3) is 3.37. The average Bonchev–Trinajstić information content (AvgIpc) is 2.15. The van der Waals surface area contributed by atoms with E-state index >= 15 is 0 Å². The van der Waals surface area contributed by atoms with E-state index in [9.17, 15) is 13.2 Å². The van der Waals surface area contributed by atoms with Crippen molar-refractivity contribution in [2.45, 2.75) is 19.1 Å². The van der Waals surface area contributed by atoms with Gasteiger partial charge in [-0.3, -0.25) is 0 Å². The Morgan fingerprint density at radius 2 is 2.06 bits per heavy atom. The molecule has 1 heterocycles. The molecule has 0 aliphatic heterocycles. The van der Waals surface area contributed by atoms with Crippen LogP contribution in [-0.2, 0) is 6.18 Å². The van der Waals surface area contributed by atoms with E-state index in [1.54, 1.807) is 18.9 Å². The largest absolute Gasteiger partial charge is 0.433 e. The number of likely N-dealkylation sites (N-methyl/N-ethyl adjacent to an activating group) is 1. The smallest absolute Gasteiger partial charge is 0.358 e. The summed E-state index contributed by atoms with van der Waals surface area (Å²) in [6.07, 6.45) is -4.41. The van der Waals surface area contributed by atoms with Crippen LogP contribution in [0.5, 0.6) is 0 Å². The number of aromatic nitrogens is 1. The number of anilines is 1. The lowest BCUT2D eigenvalue weighted by Crippen LogP contribution is -2.33. The molecule has 2 N–H and O–H groups in total. The van der Waals surface area contributed by atoms with Crippen molar-refractivity contribution < 1.29 is 13.2 Å². The van der Waals surface area contributed by atoms with Crippen LogP contribution in [-0.4, -0.2) is 24.6 Å². The van der Waals surface area contributed by atoms with Gasteiger partial charge in [0.15, 0.2) is 0 Å². The summed E-state index contributed by atoms with van der Waals surface area (Å²) in [7, 11) is 1.66. The molecule has 0 bridgehead atoms. The second-order valence-corrected chi connectivity index (χ2v) is 3.74. The summed E-state index contributed by atoms with van der Waals surface area (Å²) >= 11 is 0. The minimum Gasteiger partial charge on any atom is -0.358 e. The number of pyridine rings is 1. The Labute approximate surface area is 92.1 Å². The van der Waals surface area contributed by atoms with E-state index in [-0.39, 0.29) is 11.9 Å². The van der Waals surface area contributed by atoms with Crippen molar-refractivity contribution in [3.05, 3.63) is 23.9 Å². The minimum atomic E-state index is -4.41. The first-order valence-electron chi connectivity index (χ1n) is 4.81. The summed E-state index contributed by atoms with van der Waals surface area (Å²) in [6, 6.07) is 3.69. The molecule has 1 aromatic heterocycles. The van der Waals surface area contributed by atoms with E-state index in [0.717, 1.165) is 6.07 Å². The van der Waals surface area contributed by atoms with Crippen LogP contribution < -0.4 is 10.6 Å². The van der Waals surface area contributed by atoms with E-state index in [0.29, 0.717) is 6.54 Å². The van der Waals surface area contributed by atoms with Gasteiger partial charge in [0, 0.05) is 19.6 Å². The molecular weight excluding hydrogens is 219 g/mol. The van der Waals surface area contributed by atoms with Crippen LogP contribution in [0.2, 0.25) is 0 Å². The Hall–Kier alpha value is -1.30. The Morgan fingerprint density at radius 1 is 1.44 bits per heavy atom. The van der Waals surface area contributed by atoms with Crippen molar-refractivity contribution in [2.75, 3.05) is 18.5 Å². The lowest BCUT2D eigenvalue weighted by atomic mass is 10.3. The summed E-state index contributed by atoms with van der Waals surface area (Å²) < 4.78 is 37.2. The topological polar surface area (TPSA) is 42.1 Å². The average molecular weight is 233 g/mol. The molecule has 0 fully saturated rings. The standard InChI is InChI=1S/C10H14F3N3/c1-7(14)6-16(2)9-5-3-4-8(15-9)10(11,12)13/h3-5,7H,6,14H2,1-2H3. The monoisotopic (exact) mass is 233 g/mol. The highest BCUT2D eigenvalue weighted by atomic mass is 19.4. The number of nitrogens with zero attached hydrogens (tertiary/aromatic N) is 2. The van der Waals surface area contributed by atoms with Gasteiger partial charge in [-0.05, 0) is 19.1 Å². The van der Waals surface area contributed by atoms with Gasteiger partial charge in [-0.1, -0.05) is 6.07 Å². The molecule has 0 saturated heterocycles. The van der Waals surface area contributed by atoms with Crippen LogP contribution >= 0.6 is 0 Å². The lowest BCUT2D eigenvalue weighted by Gasteiger charge is -2.21. The lowest BCUT2D eigenvalue weighted by molar-refractivity contribution is -0.141. The molecule has 0 aromatic carbocycles. The third-order valence-electron chi connectivity index (χ3n) is 1.98. The fourth-order valence-electron chi connectivity index (χ4n) is 1.32. The number of nitrogens with two attached hydrogens (primary N) is 1. The van der Waals surface area contributed by atoms with Gasteiger partial charge >= 0.3 is 6.18 Å². The van der Waals surface area contributed by atoms with Crippen LogP contribution in [0.25, 0.3) is 0 Å². The molecule has 0 saturated carbocycles. The minimum absolute atomic E-state index is 0.124. The van der Waals surface area contributed by atoms with Crippen molar-refractivity contribution in [1.29, 1.82) is 0 Å². The van der Waals surface area contributed by atoms with Crippen LogP contribution in [0.4, 0.5) is 19.0 Å². The fourth-order valence-corrected chi connectivity index (χ4v) is 1.32. The summed E-state index contributed by atoms with van der Waals surface area (Å²) in [5.41, 5.74) is 4.68. The van der Waals surface area contributed by atoms with Crippen molar-refractivity contribution in [1.82, 2.24) is 4.98 Å². The van der Waals surface area contributed by atoms with Gasteiger partial charge in [0.1, 0.15) is 11.5 Å². The van der Waals surface area contributed by atoms with Crippen LogP contribution in [0.3, 0.4) is 0 Å². The normalized spacial score (nSPS) is 13.6.